The fraction of sp³-hybridized carbons (Fsp3) is 0.333. The molecule has 4 heteroatoms. The van der Waals surface area contributed by atoms with E-state index in [1.54, 1.807) is 6.07 Å². The summed E-state index contributed by atoms with van der Waals surface area (Å²) in [6, 6.07) is 3.18. The third-order valence-electron chi connectivity index (χ3n) is 1.77. The van der Waals surface area contributed by atoms with E-state index in [1.165, 1.54) is 13.2 Å². The molecule has 0 aliphatic rings. The third kappa shape index (κ3) is 2.49. The Bertz CT molecular complexity index is 304. The van der Waals surface area contributed by atoms with Crippen molar-refractivity contribution in [1.82, 2.24) is 5.48 Å². The van der Waals surface area contributed by atoms with Crippen LogP contribution in [0, 0.1) is 12.7 Å². The van der Waals surface area contributed by atoms with Gasteiger partial charge in [0.2, 0.25) is 0 Å². The molecule has 1 N–H and O–H groups in total. The quantitative estimate of drug-likeness (QED) is 0.830. The summed E-state index contributed by atoms with van der Waals surface area (Å²) in [4.78, 5) is 4.66. The molecule has 0 aromatic heterocycles. The van der Waals surface area contributed by atoms with Gasteiger partial charge >= 0.3 is 0 Å². The monoisotopic (exact) mass is 247 g/mol. The van der Waals surface area contributed by atoms with Crippen LogP contribution < -0.4 is 5.48 Å². The molecule has 72 valence electrons. The van der Waals surface area contributed by atoms with E-state index in [2.05, 4.69) is 26.2 Å². The molecule has 0 atom stereocenters. The predicted octanol–water partition coefficient (Wildman–Crippen LogP) is 2.55. The van der Waals surface area contributed by atoms with Crippen LogP contribution in [0.15, 0.2) is 16.6 Å². The zero-order chi connectivity index (χ0) is 9.84. The average Bonchev–Trinajstić information content (AvgIpc) is 2.12. The average molecular weight is 248 g/mol. The van der Waals surface area contributed by atoms with Gasteiger partial charge in [0.1, 0.15) is 5.82 Å². The van der Waals surface area contributed by atoms with Crippen LogP contribution in [0.2, 0.25) is 0 Å². The molecule has 0 bridgehead atoms. The number of hydrogen-bond acceptors (Lipinski definition) is 2. The number of rotatable bonds is 3. The van der Waals surface area contributed by atoms with Gasteiger partial charge in [0.25, 0.3) is 0 Å². The Morgan fingerprint density at radius 2 is 2.23 bits per heavy atom. The van der Waals surface area contributed by atoms with Crippen LogP contribution in [0.3, 0.4) is 0 Å². The number of aryl methyl sites for hydroxylation is 1. The van der Waals surface area contributed by atoms with Crippen molar-refractivity contribution in [3.63, 3.8) is 0 Å². The molecule has 0 unspecified atom stereocenters. The van der Waals surface area contributed by atoms with Crippen LogP contribution in [0.5, 0.6) is 0 Å². The van der Waals surface area contributed by atoms with Gasteiger partial charge in [-0.25, -0.2) is 4.39 Å². The highest BCUT2D eigenvalue weighted by Crippen LogP contribution is 2.23. The highest BCUT2D eigenvalue weighted by molar-refractivity contribution is 9.10. The molecule has 0 spiro atoms. The minimum Gasteiger partial charge on any atom is -0.305 e. The minimum atomic E-state index is -0.234. The molecule has 1 aromatic carbocycles. The van der Waals surface area contributed by atoms with Crippen LogP contribution >= 0.6 is 15.9 Å². The lowest BCUT2D eigenvalue weighted by atomic mass is 10.1. The Kier molecular flexibility index (Phi) is 3.84. The van der Waals surface area contributed by atoms with Crippen molar-refractivity contribution in [3.05, 3.63) is 33.5 Å². The topological polar surface area (TPSA) is 21.3 Å². The summed E-state index contributed by atoms with van der Waals surface area (Å²) in [6.07, 6.45) is 0. The van der Waals surface area contributed by atoms with Gasteiger partial charge < -0.3 is 4.84 Å². The molecule has 2 nitrogen and oxygen atoms in total. The van der Waals surface area contributed by atoms with E-state index >= 15 is 0 Å². The first-order valence-electron chi connectivity index (χ1n) is 3.86. The van der Waals surface area contributed by atoms with Crippen molar-refractivity contribution < 1.29 is 9.23 Å². The molecule has 1 rings (SSSR count). The summed E-state index contributed by atoms with van der Waals surface area (Å²) in [7, 11) is 1.50. The summed E-state index contributed by atoms with van der Waals surface area (Å²) >= 11 is 3.33. The highest BCUT2D eigenvalue weighted by Gasteiger charge is 2.08. The molecule has 13 heavy (non-hydrogen) atoms. The van der Waals surface area contributed by atoms with Crippen LogP contribution in [-0.4, -0.2) is 7.11 Å². The summed E-state index contributed by atoms with van der Waals surface area (Å²) in [6.45, 7) is 2.27. The Balaban J connectivity index is 2.96. The molecule has 0 heterocycles. The van der Waals surface area contributed by atoms with Crippen molar-refractivity contribution in [2.75, 3.05) is 7.11 Å². The van der Waals surface area contributed by atoms with E-state index in [-0.39, 0.29) is 5.82 Å². The molecular weight excluding hydrogens is 237 g/mol. The second kappa shape index (κ2) is 4.69. The maximum absolute atomic E-state index is 13.2. The van der Waals surface area contributed by atoms with Crippen molar-refractivity contribution in [2.24, 2.45) is 0 Å². The number of hydroxylamine groups is 1. The molecule has 0 saturated heterocycles. The smallest absolute Gasteiger partial charge is 0.128 e. The summed E-state index contributed by atoms with van der Waals surface area (Å²) in [5, 5.41) is 0. The summed E-state index contributed by atoms with van der Waals surface area (Å²) in [5.74, 6) is -0.234. The Labute approximate surface area is 85.2 Å². The lowest BCUT2D eigenvalue weighted by molar-refractivity contribution is 0.0857. The van der Waals surface area contributed by atoms with E-state index in [4.69, 9.17) is 0 Å². The van der Waals surface area contributed by atoms with Gasteiger partial charge in [0.15, 0.2) is 0 Å². The molecule has 0 radical (unpaired) electrons. The van der Waals surface area contributed by atoms with E-state index < -0.39 is 0 Å². The molecule has 0 saturated carbocycles. The summed E-state index contributed by atoms with van der Waals surface area (Å²) in [5.41, 5.74) is 4.20. The maximum atomic E-state index is 13.2. The normalized spacial score (nSPS) is 10.5. The Morgan fingerprint density at radius 3 is 2.85 bits per heavy atom. The van der Waals surface area contributed by atoms with Crippen molar-refractivity contribution >= 4 is 15.9 Å². The fourth-order valence-electron chi connectivity index (χ4n) is 1.02. The molecular formula is C9H11BrFNO. The van der Waals surface area contributed by atoms with Crippen molar-refractivity contribution in [2.45, 2.75) is 13.5 Å². The van der Waals surface area contributed by atoms with Crippen molar-refractivity contribution in [1.29, 1.82) is 0 Å². The number of benzene rings is 1. The van der Waals surface area contributed by atoms with E-state index in [0.29, 0.717) is 12.1 Å². The number of nitrogens with one attached hydrogen (secondary N) is 1. The van der Waals surface area contributed by atoms with E-state index in [9.17, 15) is 4.39 Å². The standard InChI is InChI=1S/C9H11BrFNO/c1-6-3-4-8(11)7(9(6)10)5-12-13-2/h3-4,12H,5H2,1-2H3. The zero-order valence-corrected chi connectivity index (χ0v) is 9.11. The van der Waals surface area contributed by atoms with Crippen LogP contribution in [0.1, 0.15) is 11.1 Å². The van der Waals surface area contributed by atoms with Crippen LogP contribution in [0.25, 0.3) is 0 Å². The second-order valence-corrected chi connectivity index (χ2v) is 3.48. The van der Waals surface area contributed by atoms with E-state index in [0.717, 1.165) is 10.0 Å². The predicted molar refractivity (Wildman–Crippen MR) is 52.7 cm³/mol. The fourth-order valence-corrected chi connectivity index (χ4v) is 1.48. The Hall–Kier alpha value is -0.450. The zero-order valence-electron chi connectivity index (χ0n) is 7.53. The van der Waals surface area contributed by atoms with Gasteiger partial charge in [-0.3, -0.25) is 0 Å². The number of hydrogen-bond donors (Lipinski definition) is 1. The largest absolute Gasteiger partial charge is 0.305 e. The lowest BCUT2D eigenvalue weighted by Gasteiger charge is -2.08. The van der Waals surface area contributed by atoms with Gasteiger partial charge in [0, 0.05) is 10.0 Å². The van der Waals surface area contributed by atoms with Gasteiger partial charge in [0.05, 0.1) is 13.7 Å². The van der Waals surface area contributed by atoms with Crippen molar-refractivity contribution in [3.8, 4) is 0 Å². The van der Waals surface area contributed by atoms with E-state index in [1.807, 2.05) is 6.92 Å². The molecule has 0 fully saturated rings. The molecule has 0 amide bonds. The second-order valence-electron chi connectivity index (χ2n) is 2.68. The molecule has 0 aliphatic heterocycles. The minimum absolute atomic E-state index is 0.234. The molecule has 1 aromatic rings. The maximum Gasteiger partial charge on any atom is 0.128 e. The van der Waals surface area contributed by atoms with Gasteiger partial charge in [-0.2, -0.15) is 5.48 Å². The first kappa shape index (κ1) is 10.6. The highest BCUT2D eigenvalue weighted by atomic mass is 79.9. The SMILES string of the molecule is CONCc1c(F)ccc(C)c1Br. The lowest BCUT2D eigenvalue weighted by Crippen LogP contribution is -2.12. The molecule has 0 aliphatic carbocycles. The number of halogens is 2. The van der Waals surface area contributed by atoms with Gasteiger partial charge in [-0.05, 0) is 18.6 Å². The summed E-state index contributed by atoms with van der Waals surface area (Å²) < 4.78 is 14.0. The Morgan fingerprint density at radius 1 is 1.54 bits per heavy atom. The van der Waals surface area contributed by atoms with Crippen LogP contribution in [-0.2, 0) is 11.4 Å². The first-order valence-corrected chi connectivity index (χ1v) is 4.65. The third-order valence-corrected chi connectivity index (χ3v) is 2.88. The van der Waals surface area contributed by atoms with Crippen LogP contribution in [0.4, 0.5) is 4.39 Å². The first-order chi connectivity index (χ1) is 6.16. The van der Waals surface area contributed by atoms with Gasteiger partial charge in [-0.15, -0.1) is 0 Å². The van der Waals surface area contributed by atoms with Gasteiger partial charge in [-0.1, -0.05) is 22.0 Å².